The molecule has 0 radical (unpaired) electrons. The predicted octanol–water partition coefficient (Wildman–Crippen LogP) is 14.8. The average molecular weight is 2000 g/mol. The molecule has 10 amide bonds. The molecule has 798 valence electrons. The highest BCUT2D eigenvalue weighted by atomic mass is 16.2. The number of hydrogen-bond acceptors (Lipinski definition) is 14. The Morgan fingerprint density at radius 3 is 1.17 bits per heavy atom. The molecule has 10 rings (SSSR count). The van der Waals surface area contributed by atoms with Crippen LogP contribution in [0.4, 0.5) is 0 Å². The first-order chi connectivity index (χ1) is 69.5. The van der Waals surface area contributed by atoms with E-state index in [4.69, 9.17) is 22.9 Å². The molecule has 6 aromatic carbocycles. The van der Waals surface area contributed by atoms with E-state index in [1.165, 1.54) is 81.1 Å². The highest BCUT2D eigenvalue weighted by Crippen LogP contribution is 2.32. The molecule has 20 N–H and O–H groups in total. The largest absolute Gasteiger partial charge is 0.370 e. The quantitative estimate of drug-likeness (QED) is 0.00730. The second-order valence-corrected chi connectivity index (χ2v) is 41.3. The van der Waals surface area contributed by atoms with Gasteiger partial charge in [0.25, 0.3) is 0 Å². The first-order valence-electron chi connectivity index (χ1n) is 53.5. The molecule has 2 aliphatic heterocycles. The molecule has 145 heavy (non-hydrogen) atoms. The highest BCUT2D eigenvalue weighted by Gasteiger charge is 2.37. The maximum absolute atomic E-state index is 13.6. The molecular formula is C117H180N18O10. The number of carbonyl (C=O) groups excluding carboxylic acids is 10. The van der Waals surface area contributed by atoms with Crippen LogP contribution in [-0.2, 0) is 73.6 Å². The lowest BCUT2D eigenvalue weighted by Crippen LogP contribution is -2.57. The summed E-state index contributed by atoms with van der Waals surface area (Å²) >= 11 is 0. The average Bonchev–Trinajstić information content (AvgIpc) is 1.18. The summed E-state index contributed by atoms with van der Waals surface area (Å²) in [6.45, 7) is 30.1. The van der Waals surface area contributed by atoms with Crippen molar-refractivity contribution in [2.75, 3.05) is 40.3 Å². The molecule has 2 heterocycles. The predicted molar refractivity (Wildman–Crippen MR) is 591 cm³/mol. The summed E-state index contributed by atoms with van der Waals surface area (Å²) in [5.74, 6) is 1.52. The first-order valence-corrected chi connectivity index (χ1v) is 53.5. The lowest BCUT2D eigenvalue weighted by atomic mass is 9.76. The van der Waals surface area contributed by atoms with Gasteiger partial charge in [0, 0.05) is 86.9 Å². The standard InChI is InChI=1S/C35H51N7O4.C34H49N7O4.C17H25NO.C14H19NO.C9H19N.C8H17N/c1-24(2)17-19-29(34(46)42-30(25(3)4)23-39-31(43)20-18-26-12-7-5-8-13-26)41-33(45)28(16-11-21-38-35(36)37)40-32(44)22-27-14-9-6-10-15-27;1-23(2)20-28(33(45)41-29(24(3)4)22-38-30(42)18-17-25-12-7-5-8-13-25)40-32(44)27(16-11-19-37-34(35)36)39-31(43)21-26-14-9-6-10-15-26;1-12(2)16-13(3)11-15(18-17(16)19)10-9-14-7-5-4-6-8-14;1-11-9-13(15-14(16)10-11)8-7-12-5-3-2-4-6-12;1-3-8-6-4-5-7-9(8)10-2;1-3-7-5-4-6-8(7)9-2/h5-10,12-15,18,20,24-25,28-30H,11,16-17,19,21-23H2,1-4H3,(H,39,43)(H,40,44)(H,41,45)(H,42,46)(H4,36,37,38);5-10,12-15,17-18,23-24,27-29H,11,16,19-22H2,1-4H3,(H,38,42)(H,39,43)(H,40,44)(H,41,45)(H4,35,36,37);4-8,12-13,15-16H,9-11H2,1-3H3,(H,18,19);2-6,11,13H,7-10H2,1H3,(H,15,16);8-10H,3-7H2,1-2H3;7-9H,3-6H2,1-2H3/b20-18+;18-17+;;;;/t28-,29+,30+;27-,28-,29-;;;;/m00..../s1. The number of nitrogens with zero attached hydrogens (tertiary/aromatic N) is 2. The van der Waals surface area contributed by atoms with Crippen molar-refractivity contribution in [2.45, 2.75) is 318 Å². The van der Waals surface area contributed by atoms with E-state index in [1.54, 1.807) is 12.2 Å². The van der Waals surface area contributed by atoms with Gasteiger partial charge in [-0.25, -0.2) is 0 Å². The van der Waals surface area contributed by atoms with Gasteiger partial charge in [0.15, 0.2) is 11.9 Å². The molecule has 0 spiro atoms. The third-order valence-electron chi connectivity index (χ3n) is 27.2. The summed E-state index contributed by atoms with van der Waals surface area (Å²) in [6, 6.07) is 56.5. The monoisotopic (exact) mass is 2000 g/mol. The van der Waals surface area contributed by atoms with Crippen LogP contribution in [0.25, 0.3) is 12.2 Å². The van der Waals surface area contributed by atoms with E-state index in [-0.39, 0.29) is 134 Å². The van der Waals surface area contributed by atoms with Crippen LogP contribution >= 0.6 is 0 Å². The van der Waals surface area contributed by atoms with Crippen molar-refractivity contribution in [3.05, 3.63) is 228 Å². The van der Waals surface area contributed by atoms with Crippen LogP contribution in [0.2, 0.25) is 0 Å². The van der Waals surface area contributed by atoms with Gasteiger partial charge in [-0.1, -0.05) is 311 Å². The molecule has 2 saturated carbocycles. The molecule has 9 unspecified atom stereocenters. The van der Waals surface area contributed by atoms with Crippen molar-refractivity contribution in [3.8, 4) is 0 Å². The fraction of sp³-hybridized carbons (Fsp3) is 0.556. The third-order valence-corrected chi connectivity index (χ3v) is 27.2. The fourth-order valence-electron chi connectivity index (χ4n) is 18.8. The Morgan fingerprint density at radius 1 is 0.428 bits per heavy atom. The number of benzene rings is 6. The zero-order valence-corrected chi connectivity index (χ0v) is 90.0. The van der Waals surface area contributed by atoms with Crippen LogP contribution in [0.5, 0.6) is 0 Å². The second kappa shape index (κ2) is 70.7. The number of rotatable bonds is 48. The second-order valence-electron chi connectivity index (χ2n) is 41.3. The number of aliphatic imine (C=N–C) groups is 2. The Hall–Kier alpha value is -12.0. The summed E-state index contributed by atoms with van der Waals surface area (Å²) in [7, 11) is 4.18. The number of hydrogen-bond donors (Lipinski definition) is 16. The number of piperidine rings is 2. The Morgan fingerprint density at radius 2 is 0.800 bits per heavy atom. The summed E-state index contributed by atoms with van der Waals surface area (Å²) in [6.07, 6.45) is 29.3. The molecule has 6 aromatic rings. The van der Waals surface area contributed by atoms with E-state index < -0.39 is 36.0 Å². The number of nitrogens with one attached hydrogen (secondary N) is 12. The molecule has 0 bridgehead atoms. The highest BCUT2D eigenvalue weighted by molar-refractivity contribution is 5.95. The molecule has 2 saturated heterocycles. The van der Waals surface area contributed by atoms with Crippen LogP contribution in [0.3, 0.4) is 0 Å². The Bertz CT molecular complexity index is 4780. The molecule has 2 aliphatic carbocycles. The summed E-state index contributed by atoms with van der Waals surface area (Å²) in [5, 5.41) is 36.2. The number of amides is 10. The van der Waals surface area contributed by atoms with Crippen LogP contribution in [0.1, 0.15) is 265 Å². The summed E-state index contributed by atoms with van der Waals surface area (Å²) < 4.78 is 0. The number of aryl methyl sites for hydroxylation is 2. The van der Waals surface area contributed by atoms with Crippen molar-refractivity contribution in [3.63, 3.8) is 0 Å². The minimum Gasteiger partial charge on any atom is -0.370 e. The van der Waals surface area contributed by atoms with Gasteiger partial charge in [-0.3, -0.25) is 57.9 Å². The van der Waals surface area contributed by atoms with Crippen molar-refractivity contribution < 1.29 is 47.9 Å². The van der Waals surface area contributed by atoms with Gasteiger partial charge in [-0.2, -0.15) is 0 Å². The van der Waals surface area contributed by atoms with Gasteiger partial charge in [0.1, 0.15) is 24.2 Å². The zero-order valence-electron chi connectivity index (χ0n) is 90.0. The fourth-order valence-corrected chi connectivity index (χ4v) is 18.8. The molecule has 28 nitrogen and oxygen atoms in total. The van der Waals surface area contributed by atoms with Gasteiger partial charge in [-0.15, -0.1) is 0 Å². The van der Waals surface area contributed by atoms with Crippen molar-refractivity contribution >= 4 is 83.1 Å². The Kier molecular flexibility index (Phi) is 60.2. The minimum atomic E-state index is -0.894. The van der Waals surface area contributed by atoms with Crippen molar-refractivity contribution in [1.82, 2.24) is 63.8 Å². The van der Waals surface area contributed by atoms with Gasteiger partial charge < -0.3 is 86.7 Å². The molecule has 15 atom stereocenters. The SMILES string of the molecule is CC(C)C1C(=O)NC(CCc2ccccc2)CC1C.CC(C)CC[C@@H](NC(=O)[C@H](CCCN=C(N)N)NC(=O)Cc1ccccc1)C(=O)N[C@H](CNC(=O)/C=C/c1ccccc1)C(C)C.CC(C)C[C@H](NC(=O)[C@H](CCCN=C(N)N)NC(=O)Cc1ccccc1)C(=O)N[C@@H](CNC(=O)/C=C/c1ccccc1)C(C)C.CC1CC(=O)NC(CCc2ccccc2)C1.CCC1CCCC1NC.CCC1CCCCC1NC. The topological polar surface area (TPSA) is 444 Å². The molecular weight excluding hydrogens is 1820 g/mol. The van der Waals surface area contributed by atoms with Gasteiger partial charge >= 0.3 is 0 Å². The molecule has 4 fully saturated rings. The van der Waals surface area contributed by atoms with E-state index >= 15 is 0 Å². The smallest absolute Gasteiger partial charge is 0.244 e. The Labute approximate surface area is 867 Å². The number of guanidine groups is 2. The summed E-state index contributed by atoms with van der Waals surface area (Å²) in [5.41, 5.74) is 27.9. The maximum Gasteiger partial charge on any atom is 0.244 e. The van der Waals surface area contributed by atoms with Crippen LogP contribution in [-0.4, -0.2) is 172 Å². The Balaban J connectivity index is 0.000000339. The summed E-state index contributed by atoms with van der Waals surface area (Å²) in [4.78, 5) is 136. The first kappa shape index (κ1) is 123. The lowest BCUT2D eigenvalue weighted by Gasteiger charge is -2.36. The van der Waals surface area contributed by atoms with Crippen LogP contribution in [0, 0.1) is 59.2 Å². The minimum absolute atomic E-state index is 0.00307. The van der Waals surface area contributed by atoms with E-state index in [0.717, 1.165) is 84.7 Å². The van der Waals surface area contributed by atoms with Crippen LogP contribution in [0.15, 0.2) is 204 Å². The number of carbonyl (C=O) groups is 10. The van der Waals surface area contributed by atoms with E-state index in [0.29, 0.717) is 87.4 Å². The molecule has 0 aromatic heterocycles. The van der Waals surface area contributed by atoms with E-state index in [2.05, 4.69) is 178 Å². The van der Waals surface area contributed by atoms with Gasteiger partial charge in [0.05, 0.1) is 12.8 Å². The van der Waals surface area contributed by atoms with Gasteiger partial charge in [-0.05, 0) is 222 Å². The van der Waals surface area contributed by atoms with Crippen LogP contribution < -0.4 is 86.7 Å². The van der Waals surface area contributed by atoms with Crippen molar-refractivity contribution in [2.24, 2.45) is 92.1 Å². The van der Waals surface area contributed by atoms with E-state index in [1.807, 2.05) is 189 Å². The van der Waals surface area contributed by atoms with Gasteiger partial charge in [0.2, 0.25) is 59.1 Å². The zero-order chi connectivity index (χ0) is 106. The number of nitrogens with two attached hydrogens (primary N) is 4. The van der Waals surface area contributed by atoms with Crippen molar-refractivity contribution in [1.29, 1.82) is 0 Å². The third kappa shape index (κ3) is 52.5. The molecule has 28 heteroatoms. The van der Waals surface area contributed by atoms with E-state index in [9.17, 15) is 47.9 Å². The normalized spacial score (nSPS) is 19.1. The maximum atomic E-state index is 13.6. The molecule has 4 aliphatic rings. The lowest BCUT2D eigenvalue weighted by molar-refractivity contribution is -0.132.